The zero-order chi connectivity index (χ0) is 23.7. The number of nitrogens with one attached hydrogen (secondary N) is 1. The molecule has 10 heteroatoms. The molecule has 0 saturated carbocycles. The highest BCUT2D eigenvalue weighted by atomic mass is 32.1. The van der Waals surface area contributed by atoms with Gasteiger partial charge in [0.05, 0.1) is 17.2 Å². The zero-order valence-electron chi connectivity index (χ0n) is 18.2. The molecule has 174 valence electrons. The lowest BCUT2D eigenvalue weighted by Gasteiger charge is -2.27. The molecule has 0 spiro atoms. The fourth-order valence-corrected chi connectivity index (χ4v) is 4.97. The van der Waals surface area contributed by atoms with Crippen molar-refractivity contribution in [3.63, 3.8) is 0 Å². The average Bonchev–Trinajstić information content (AvgIpc) is 3.60. The first-order valence-corrected chi connectivity index (χ1v) is 11.7. The molecule has 3 heterocycles. The number of nitrogens with zero attached hydrogens (tertiary/aromatic N) is 3. The molecule has 2 aromatic carbocycles. The van der Waals surface area contributed by atoms with Gasteiger partial charge < -0.3 is 20.7 Å². The van der Waals surface area contributed by atoms with Gasteiger partial charge in [0, 0.05) is 24.2 Å². The van der Waals surface area contributed by atoms with E-state index in [1.165, 1.54) is 11.5 Å². The Morgan fingerprint density at radius 3 is 2.65 bits per heavy atom. The van der Waals surface area contributed by atoms with Crippen LogP contribution in [0.25, 0.3) is 10.4 Å². The highest BCUT2D eigenvalue weighted by Crippen LogP contribution is 2.28. The van der Waals surface area contributed by atoms with E-state index in [0.717, 1.165) is 16.0 Å². The summed E-state index contributed by atoms with van der Waals surface area (Å²) in [5.41, 5.74) is 8.59. The third-order valence-electron chi connectivity index (χ3n) is 6.21. The van der Waals surface area contributed by atoms with Crippen LogP contribution in [0.4, 0.5) is 5.69 Å². The number of ketones is 1. The second-order valence-electron chi connectivity index (χ2n) is 8.41. The number of aromatic nitrogens is 2. The van der Waals surface area contributed by atoms with Gasteiger partial charge in [-0.25, -0.2) is 0 Å². The first-order valence-electron chi connectivity index (χ1n) is 11.0. The Morgan fingerprint density at radius 1 is 1.18 bits per heavy atom. The van der Waals surface area contributed by atoms with Crippen molar-refractivity contribution in [2.75, 3.05) is 18.9 Å². The van der Waals surface area contributed by atoms with Crippen molar-refractivity contribution < 1.29 is 19.1 Å². The number of hydrogen-bond donors (Lipinski definition) is 2. The van der Waals surface area contributed by atoms with Crippen molar-refractivity contribution in [2.45, 2.75) is 31.0 Å². The number of nitrogen functional groups attached to an aromatic ring is 1. The molecule has 2 aliphatic rings. The van der Waals surface area contributed by atoms with Crippen LogP contribution in [-0.4, -0.2) is 63.4 Å². The Balaban J connectivity index is 1.36. The minimum Gasteiger partial charge on any atom is -0.399 e. The minimum absolute atomic E-state index is 0.0235. The summed E-state index contributed by atoms with van der Waals surface area (Å²) >= 11 is 1.27. The number of anilines is 1. The summed E-state index contributed by atoms with van der Waals surface area (Å²) in [5, 5.41) is 6.72. The van der Waals surface area contributed by atoms with E-state index in [2.05, 4.69) is 14.9 Å². The van der Waals surface area contributed by atoms with Gasteiger partial charge in [-0.3, -0.25) is 14.4 Å². The number of nitrogens with two attached hydrogens (primary N) is 1. The molecule has 0 radical (unpaired) electrons. The Kier molecular flexibility index (Phi) is 6.08. The van der Waals surface area contributed by atoms with E-state index >= 15 is 0 Å². The van der Waals surface area contributed by atoms with Gasteiger partial charge in [0.1, 0.15) is 18.7 Å². The summed E-state index contributed by atoms with van der Waals surface area (Å²) in [5.74, 6) is -0.752. The molecule has 2 fully saturated rings. The number of rotatable bonds is 6. The lowest BCUT2D eigenvalue weighted by Crippen LogP contribution is -2.53. The predicted octanol–water partition coefficient (Wildman–Crippen LogP) is 1.70. The topological polar surface area (TPSA) is 128 Å². The Hall–Kier alpha value is -3.63. The summed E-state index contributed by atoms with van der Waals surface area (Å²) in [6.07, 6.45) is 2.29. The lowest BCUT2D eigenvalue weighted by molar-refractivity contribution is -0.138. The monoisotopic (exact) mass is 477 g/mol. The van der Waals surface area contributed by atoms with Gasteiger partial charge in [0.2, 0.25) is 5.91 Å². The van der Waals surface area contributed by atoms with Crippen molar-refractivity contribution in [2.24, 2.45) is 0 Å². The molecule has 2 amide bonds. The predicted molar refractivity (Wildman–Crippen MR) is 126 cm³/mol. The van der Waals surface area contributed by atoms with Gasteiger partial charge in [-0.05, 0) is 53.3 Å². The van der Waals surface area contributed by atoms with Crippen molar-refractivity contribution in [1.82, 2.24) is 19.8 Å². The van der Waals surface area contributed by atoms with E-state index in [0.29, 0.717) is 24.2 Å². The smallest absolute Gasteiger partial charge is 0.251 e. The molecule has 2 saturated heterocycles. The van der Waals surface area contributed by atoms with Crippen molar-refractivity contribution in [3.8, 4) is 10.4 Å². The highest BCUT2D eigenvalue weighted by molar-refractivity contribution is 7.09. The minimum atomic E-state index is -0.839. The number of carbonyl (C=O) groups is 3. The molecule has 0 bridgehead atoms. The van der Waals surface area contributed by atoms with Gasteiger partial charge in [-0.1, -0.05) is 28.8 Å². The van der Waals surface area contributed by atoms with Crippen LogP contribution in [0.2, 0.25) is 0 Å². The summed E-state index contributed by atoms with van der Waals surface area (Å²) < 4.78 is 9.38. The zero-order valence-corrected chi connectivity index (χ0v) is 19.0. The van der Waals surface area contributed by atoms with Crippen molar-refractivity contribution >= 4 is 34.8 Å². The molecular formula is C24H23N5O4S. The number of ether oxygens (including phenoxy) is 1. The Bertz CT molecular complexity index is 1200. The normalized spacial score (nSPS) is 20.2. The standard InChI is InChI=1S/C24H23N5O4S/c25-17-7-1-14(2-8-17)11-18(24(32)29-10-9-20-22(29)19(30)13-33-20)27-23(31)16-5-3-15(4-6-16)21-12-26-28-34-21/h1-8,12,18,20,22H,9-11,13,25H2,(H,27,31). The van der Waals surface area contributed by atoms with Crippen molar-refractivity contribution in [3.05, 3.63) is 65.9 Å². The maximum absolute atomic E-state index is 13.5. The molecule has 3 unspecified atom stereocenters. The number of likely N-dealkylation sites (tertiary alicyclic amines) is 1. The number of amides is 2. The number of hydrogen-bond acceptors (Lipinski definition) is 8. The van der Waals surface area contributed by atoms with E-state index in [4.69, 9.17) is 10.5 Å². The maximum Gasteiger partial charge on any atom is 0.251 e. The molecular weight excluding hydrogens is 454 g/mol. The van der Waals surface area contributed by atoms with Crippen LogP contribution in [0.5, 0.6) is 0 Å². The first kappa shape index (κ1) is 22.2. The quantitative estimate of drug-likeness (QED) is 0.517. The van der Waals surface area contributed by atoms with Gasteiger partial charge >= 0.3 is 0 Å². The fraction of sp³-hybridized carbons (Fsp3) is 0.292. The molecule has 1 aromatic heterocycles. The van der Waals surface area contributed by atoms with E-state index in [1.54, 1.807) is 35.4 Å². The number of benzene rings is 2. The molecule has 5 rings (SSSR count). The average molecular weight is 478 g/mol. The van der Waals surface area contributed by atoms with Gasteiger partial charge in [-0.2, -0.15) is 0 Å². The molecule has 0 aliphatic carbocycles. The SMILES string of the molecule is Nc1ccc(CC(NC(=O)c2ccc(-c3cnns3)cc2)C(=O)N2CCC3OCC(=O)C32)cc1. The maximum atomic E-state index is 13.5. The van der Waals surface area contributed by atoms with Crippen LogP contribution in [0.15, 0.2) is 54.7 Å². The summed E-state index contributed by atoms with van der Waals surface area (Å²) in [7, 11) is 0. The largest absolute Gasteiger partial charge is 0.399 e. The van der Waals surface area contributed by atoms with Gasteiger partial charge in [-0.15, -0.1) is 5.10 Å². The molecule has 34 heavy (non-hydrogen) atoms. The first-order chi connectivity index (χ1) is 16.5. The van der Waals surface area contributed by atoms with Crippen LogP contribution >= 0.6 is 11.5 Å². The summed E-state index contributed by atoms with van der Waals surface area (Å²) in [4.78, 5) is 41.4. The summed E-state index contributed by atoms with van der Waals surface area (Å²) in [6, 6.07) is 12.8. The number of carbonyl (C=O) groups excluding carboxylic acids is 3. The summed E-state index contributed by atoms with van der Waals surface area (Å²) in [6.45, 7) is 0.446. The third kappa shape index (κ3) is 4.42. The molecule has 3 N–H and O–H groups in total. The molecule has 9 nitrogen and oxygen atoms in total. The van der Waals surface area contributed by atoms with E-state index in [9.17, 15) is 14.4 Å². The Morgan fingerprint density at radius 2 is 1.94 bits per heavy atom. The van der Waals surface area contributed by atoms with Gasteiger partial charge in [0.25, 0.3) is 5.91 Å². The second kappa shape index (κ2) is 9.32. The van der Waals surface area contributed by atoms with Crippen LogP contribution < -0.4 is 11.1 Å². The molecule has 3 aromatic rings. The third-order valence-corrected chi connectivity index (χ3v) is 6.92. The Labute approximate surface area is 200 Å². The lowest BCUT2D eigenvalue weighted by atomic mass is 10.0. The van der Waals surface area contributed by atoms with E-state index in [-0.39, 0.29) is 36.7 Å². The number of fused-ring (bicyclic) bond motifs is 1. The van der Waals surface area contributed by atoms with E-state index in [1.807, 2.05) is 24.3 Å². The number of Topliss-reactive ketones (excluding diaryl/α,β-unsaturated/α-hetero) is 1. The van der Waals surface area contributed by atoms with Gasteiger partial charge in [0.15, 0.2) is 5.78 Å². The van der Waals surface area contributed by atoms with Crippen LogP contribution in [-0.2, 0) is 20.7 Å². The van der Waals surface area contributed by atoms with Crippen LogP contribution in [0.3, 0.4) is 0 Å². The molecule has 3 atom stereocenters. The fourth-order valence-electron chi connectivity index (χ4n) is 4.45. The van der Waals surface area contributed by atoms with Crippen molar-refractivity contribution in [1.29, 1.82) is 0 Å². The molecule has 2 aliphatic heterocycles. The second-order valence-corrected chi connectivity index (χ2v) is 9.20. The van der Waals surface area contributed by atoms with Crippen LogP contribution in [0, 0.1) is 0 Å². The van der Waals surface area contributed by atoms with Crippen LogP contribution in [0.1, 0.15) is 22.3 Å². The highest BCUT2D eigenvalue weighted by Gasteiger charge is 2.48. The van der Waals surface area contributed by atoms with E-state index < -0.39 is 12.1 Å².